The summed E-state index contributed by atoms with van der Waals surface area (Å²) in [5.74, 6) is 2.81. The number of aromatic amines is 1. The predicted molar refractivity (Wildman–Crippen MR) is 96.1 cm³/mol. The van der Waals surface area contributed by atoms with Crippen molar-refractivity contribution in [2.45, 2.75) is 6.92 Å². The third-order valence-electron chi connectivity index (χ3n) is 3.95. The highest BCUT2D eigenvalue weighted by Gasteiger charge is 2.17. The van der Waals surface area contributed by atoms with Gasteiger partial charge in [0.15, 0.2) is 23.1 Å². The Morgan fingerprint density at radius 3 is 2.16 bits per heavy atom. The number of nitrogens with zero attached hydrogens (tertiary/aromatic N) is 2. The molecule has 0 atom stereocenters. The van der Waals surface area contributed by atoms with Crippen molar-refractivity contribution in [1.82, 2.24) is 15.2 Å². The van der Waals surface area contributed by atoms with Crippen LogP contribution in [0.3, 0.4) is 0 Å². The summed E-state index contributed by atoms with van der Waals surface area (Å²) in [4.78, 5) is 4.57. The van der Waals surface area contributed by atoms with Crippen molar-refractivity contribution in [3.8, 4) is 40.0 Å². The molecule has 0 saturated heterocycles. The molecule has 3 N–H and O–H groups in total. The van der Waals surface area contributed by atoms with Gasteiger partial charge < -0.3 is 19.9 Å². The van der Waals surface area contributed by atoms with E-state index in [-0.39, 0.29) is 0 Å². The summed E-state index contributed by atoms with van der Waals surface area (Å²) in [5.41, 5.74) is 9.27. The van der Waals surface area contributed by atoms with Gasteiger partial charge in [-0.2, -0.15) is 5.10 Å². The summed E-state index contributed by atoms with van der Waals surface area (Å²) in [6, 6.07) is 9.34. The highest BCUT2D eigenvalue weighted by Crippen LogP contribution is 2.40. The van der Waals surface area contributed by atoms with Crippen LogP contribution in [0, 0.1) is 6.92 Å². The maximum atomic E-state index is 5.87. The zero-order valence-corrected chi connectivity index (χ0v) is 14.6. The minimum atomic E-state index is 0.527. The number of aromatic nitrogens is 3. The van der Waals surface area contributed by atoms with Gasteiger partial charge in [-0.3, -0.25) is 5.10 Å². The molecule has 0 bridgehead atoms. The monoisotopic (exact) mass is 340 g/mol. The number of nitrogen functional groups attached to an aromatic ring is 1. The molecule has 130 valence electrons. The lowest BCUT2D eigenvalue weighted by molar-refractivity contribution is 0.324. The van der Waals surface area contributed by atoms with Crippen LogP contribution in [0.25, 0.3) is 22.8 Å². The van der Waals surface area contributed by atoms with Gasteiger partial charge in [-0.05, 0) is 42.8 Å². The number of nitrogens with two attached hydrogens (primary N) is 1. The number of nitrogens with one attached hydrogen (secondary N) is 1. The van der Waals surface area contributed by atoms with Gasteiger partial charge in [-0.15, -0.1) is 0 Å². The van der Waals surface area contributed by atoms with E-state index in [1.165, 1.54) is 0 Å². The van der Waals surface area contributed by atoms with Gasteiger partial charge in [-0.25, -0.2) is 4.98 Å². The number of hydrogen-bond acceptors (Lipinski definition) is 6. The number of aryl methyl sites for hydroxylation is 1. The lowest BCUT2D eigenvalue weighted by Gasteiger charge is -2.12. The molecule has 0 aliphatic heterocycles. The van der Waals surface area contributed by atoms with Crippen LogP contribution in [0.2, 0.25) is 0 Å². The number of ether oxygens (including phenoxy) is 3. The molecule has 0 aliphatic carbocycles. The van der Waals surface area contributed by atoms with E-state index >= 15 is 0 Å². The lowest BCUT2D eigenvalue weighted by atomic mass is 10.1. The molecule has 1 aromatic heterocycles. The van der Waals surface area contributed by atoms with Gasteiger partial charge in [0.25, 0.3) is 0 Å². The van der Waals surface area contributed by atoms with Gasteiger partial charge >= 0.3 is 0 Å². The Morgan fingerprint density at radius 1 is 0.920 bits per heavy atom. The zero-order valence-electron chi connectivity index (χ0n) is 14.6. The molecule has 3 aromatic rings. The van der Waals surface area contributed by atoms with Crippen molar-refractivity contribution in [2.75, 3.05) is 27.1 Å². The number of anilines is 1. The van der Waals surface area contributed by atoms with Crippen molar-refractivity contribution >= 4 is 5.69 Å². The summed E-state index contributed by atoms with van der Waals surface area (Å²) < 4.78 is 16.1. The molecule has 3 rings (SSSR count). The number of hydrogen-bond donors (Lipinski definition) is 2. The van der Waals surface area contributed by atoms with Crippen LogP contribution in [0.4, 0.5) is 5.69 Å². The van der Waals surface area contributed by atoms with Crippen LogP contribution in [-0.4, -0.2) is 36.5 Å². The smallest absolute Gasteiger partial charge is 0.203 e. The van der Waals surface area contributed by atoms with Gasteiger partial charge in [-0.1, -0.05) is 0 Å². The predicted octanol–water partition coefficient (Wildman–Crippen LogP) is 3.06. The van der Waals surface area contributed by atoms with Crippen molar-refractivity contribution in [3.05, 3.63) is 35.9 Å². The fourth-order valence-electron chi connectivity index (χ4n) is 2.55. The molecule has 0 fully saturated rings. The largest absolute Gasteiger partial charge is 0.493 e. The number of rotatable bonds is 5. The topological polar surface area (TPSA) is 95.3 Å². The second-order valence-electron chi connectivity index (χ2n) is 5.49. The van der Waals surface area contributed by atoms with Gasteiger partial charge in [0.05, 0.1) is 21.3 Å². The van der Waals surface area contributed by atoms with Crippen LogP contribution in [0.5, 0.6) is 17.2 Å². The van der Waals surface area contributed by atoms with Crippen LogP contribution in [0.1, 0.15) is 5.56 Å². The first kappa shape index (κ1) is 16.6. The molecule has 0 unspecified atom stereocenters. The second-order valence-corrected chi connectivity index (χ2v) is 5.49. The third kappa shape index (κ3) is 3.08. The molecule has 7 heteroatoms. The number of H-pyrrole nitrogens is 1. The quantitative estimate of drug-likeness (QED) is 0.693. The van der Waals surface area contributed by atoms with E-state index in [1.54, 1.807) is 21.3 Å². The Hall–Kier alpha value is -3.22. The second kappa shape index (κ2) is 6.72. The summed E-state index contributed by atoms with van der Waals surface area (Å²) in [5, 5.41) is 7.26. The average molecular weight is 340 g/mol. The summed E-state index contributed by atoms with van der Waals surface area (Å²) in [7, 11) is 4.71. The van der Waals surface area contributed by atoms with Crippen molar-refractivity contribution in [1.29, 1.82) is 0 Å². The summed E-state index contributed by atoms with van der Waals surface area (Å²) >= 11 is 0. The van der Waals surface area contributed by atoms with Crippen molar-refractivity contribution < 1.29 is 14.2 Å². The lowest BCUT2D eigenvalue weighted by Crippen LogP contribution is -1.96. The molecule has 1 heterocycles. The van der Waals surface area contributed by atoms with Gasteiger partial charge in [0.2, 0.25) is 5.75 Å². The summed E-state index contributed by atoms with van der Waals surface area (Å²) in [6.07, 6.45) is 0. The van der Waals surface area contributed by atoms with Crippen LogP contribution >= 0.6 is 0 Å². The molecule has 2 aromatic carbocycles. The SMILES string of the molecule is COc1cc(-c2n[nH]c(-c3ccc(N)c(C)c3)n2)cc(OC)c1OC. The first-order valence-corrected chi connectivity index (χ1v) is 7.66. The first-order chi connectivity index (χ1) is 12.1. The van der Waals surface area contributed by atoms with Crippen LogP contribution in [-0.2, 0) is 0 Å². The number of methoxy groups -OCH3 is 3. The van der Waals surface area contributed by atoms with Crippen LogP contribution in [0.15, 0.2) is 30.3 Å². The molecule has 25 heavy (non-hydrogen) atoms. The van der Waals surface area contributed by atoms with Crippen molar-refractivity contribution in [2.24, 2.45) is 0 Å². The first-order valence-electron chi connectivity index (χ1n) is 7.66. The maximum Gasteiger partial charge on any atom is 0.203 e. The molecular formula is C18H20N4O3. The fourth-order valence-corrected chi connectivity index (χ4v) is 2.55. The van der Waals surface area contributed by atoms with Crippen LogP contribution < -0.4 is 19.9 Å². The van der Waals surface area contributed by atoms with E-state index in [4.69, 9.17) is 19.9 Å². The highest BCUT2D eigenvalue weighted by molar-refractivity contribution is 5.69. The molecular weight excluding hydrogens is 320 g/mol. The minimum Gasteiger partial charge on any atom is -0.493 e. The van der Waals surface area contributed by atoms with E-state index in [2.05, 4.69) is 15.2 Å². The van der Waals surface area contributed by atoms with Gasteiger partial charge in [0, 0.05) is 16.8 Å². The molecule has 7 nitrogen and oxygen atoms in total. The zero-order chi connectivity index (χ0) is 18.0. The normalized spacial score (nSPS) is 10.6. The Labute approximate surface area is 145 Å². The van der Waals surface area contributed by atoms with Gasteiger partial charge in [0.1, 0.15) is 0 Å². The Morgan fingerprint density at radius 2 is 1.60 bits per heavy atom. The Bertz CT molecular complexity index is 880. The Balaban J connectivity index is 2.03. The van der Waals surface area contributed by atoms with E-state index in [0.29, 0.717) is 28.9 Å². The fraction of sp³-hybridized carbons (Fsp3) is 0.222. The summed E-state index contributed by atoms with van der Waals surface area (Å²) in [6.45, 7) is 1.95. The standard InChI is InChI=1S/C18H20N4O3/c1-10-7-11(5-6-13(10)19)17-20-18(22-21-17)12-8-14(23-2)16(25-4)15(9-12)24-3/h5-9H,19H2,1-4H3,(H,20,21,22). The molecule has 0 spiro atoms. The third-order valence-corrected chi connectivity index (χ3v) is 3.95. The van der Waals surface area contributed by atoms with E-state index < -0.39 is 0 Å². The molecule has 0 saturated carbocycles. The average Bonchev–Trinajstić information content (AvgIpc) is 3.12. The highest BCUT2D eigenvalue weighted by atomic mass is 16.5. The maximum absolute atomic E-state index is 5.87. The Kier molecular flexibility index (Phi) is 4.47. The molecule has 0 aliphatic rings. The minimum absolute atomic E-state index is 0.527. The molecule has 0 radical (unpaired) electrons. The number of benzene rings is 2. The molecule has 0 amide bonds. The van der Waals surface area contributed by atoms with E-state index in [1.807, 2.05) is 37.3 Å². The van der Waals surface area contributed by atoms with Crippen molar-refractivity contribution in [3.63, 3.8) is 0 Å². The van der Waals surface area contributed by atoms with E-state index in [0.717, 1.165) is 22.4 Å². The van der Waals surface area contributed by atoms with E-state index in [9.17, 15) is 0 Å².